The van der Waals surface area contributed by atoms with Crippen LogP contribution in [0.4, 0.5) is 11.6 Å². The number of aliphatic imine (C=N–C) groups is 1. The second kappa shape index (κ2) is 6.54. The molecule has 0 aliphatic heterocycles. The molecule has 2 aromatic rings. The summed E-state index contributed by atoms with van der Waals surface area (Å²) in [7, 11) is 0. The molecule has 4 N–H and O–H groups in total. The van der Waals surface area contributed by atoms with E-state index in [0.29, 0.717) is 11.3 Å². The van der Waals surface area contributed by atoms with Gasteiger partial charge in [0.05, 0.1) is 23.7 Å². The molecule has 22 heavy (non-hydrogen) atoms. The van der Waals surface area contributed by atoms with Gasteiger partial charge in [0.2, 0.25) is 11.9 Å². The van der Waals surface area contributed by atoms with E-state index in [0.717, 1.165) is 11.3 Å². The summed E-state index contributed by atoms with van der Waals surface area (Å²) in [6.07, 6.45) is 0.00903. The summed E-state index contributed by atoms with van der Waals surface area (Å²) in [5.74, 6) is 0.215. The number of para-hydroxylation sites is 1. The van der Waals surface area contributed by atoms with Crippen LogP contribution in [0.25, 0.3) is 0 Å². The molecule has 0 spiro atoms. The maximum absolute atomic E-state index is 11.9. The van der Waals surface area contributed by atoms with Gasteiger partial charge in [-0.2, -0.15) is 10.3 Å². The molecule has 2 rings (SSSR count). The Kier molecular flexibility index (Phi) is 4.53. The monoisotopic (exact) mass is 296 g/mol. The zero-order valence-electron chi connectivity index (χ0n) is 12.3. The van der Waals surface area contributed by atoms with Crippen molar-refractivity contribution in [3.8, 4) is 6.07 Å². The third-order valence-electron chi connectivity index (χ3n) is 3.10. The van der Waals surface area contributed by atoms with Crippen molar-refractivity contribution in [2.75, 3.05) is 5.32 Å². The van der Waals surface area contributed by atoms with Gasteiger partial charge in [-0.25, -0.2) is 4.98 Å². The van der Waals surface area contributed by atoms with E-state index in [4.69, 9.17) is 11.0 Å². The van der Waals surface area contributed by atoms with Gasteiger partial charge in [0, 0.05) is 5.69 Å². The normalized spacial score (nSPS) is 11.0. The molecule has 1 aromatic heterocycles. The van der Waals surface area contributed by atoms with E-state index in [1.165, 1.54) is 0 Å². The quantitative estimate of drug-likeness (QED) is 0.585. The van der Waals surface area contributed by atoms with Crippen LogP contribution in [-0.4, -0.2) is 15.9 Å². The largest absolute Gasteiger partial charge is 0.369 e. The Balaban J connectivity index is 2.28. The molecule has 7 nitrogen and oxygen atoms in total. The van der Waals surface area contributed by atoms with E-state index >= 15 is 0 Å². The van der Waals surface area contributed by atoms with Crippen LogP contribution in [0, 0.1) is 25.2 Å². The Morgan fingerprint density at radius 2 is 2.18 bits per heavy atom. The molecule has 0 saturated heterocycles. The van der Waals surface area contributed by atoms with Gasteiger partial charge in [-0.3, -0.25) is 9.78 Å². The Hall–Kier alpha value is -3.14. The third kappa shape index (κ3) is 3.49. The molecule has 1 heterocycles. The van der Waals surface area contributed by atoms with Gasteiger partial charge in [-0.05, 0) is 25.5 Å². The molecule has 0 unspecified atom stereocenters. The van der Waals surface area contributed by atoms with Crippen LogP contribution in [0.2, 0.25) is 0 Å². The number of nitriles is 1. The standard InChI is InChI=1S/C15H16N6O/c1-9-5-3-4-6-12(9)19-14(17)21-15-18-10(2)11(7-8-16)13(22)20-15/h3-6H,7H2,1-2H3,(H4,17,18,19,20,21,22). The molecule has 7 heteroatoms. The Morgan fingerprint density at radius 3 is 2.82 bits per heavy atom. The first-order valence-electron chi connectivity index (χ1n) is 6.65. The van der Waals surface area contributed by atoms with Gasteiger partial charge < -0.3 is 11.1 Å². The van der Waals surface area contributed by atoms with E-state index in [2.05, 4.69) is 20.3 Å². The number of hydrogen-bond donors (Lipinski definition) is 3. The first kappa shape index (κ1) is 15.3. The lowest BCUT2D eigenvalue weighted by molar-refractivity contribution is 0.987. The summed E-state index contributed by atoms with van der Waals surface area (Å²) in [5.41, 5.74) is 8.09. The fourth-order valence-corrected chi connectivity index (χ4v) is 1.93. The first-order chi connectivity index (χ1) is 10.5. The number of hydrogen-bond acceptors (Lipinski definition) is 4. The van der Waals surface area contributed by atoms with Gasteiger partial charge in [0.1, 0.15) is 0 Å². The zero-order chi connectivity index (χ0) is 16.1. The number of anilines is 1. The van der Waals surface area contributed by atoms with Crippen molar-refractivity contribution >= 4 is 17.6 Å². The van der Waals surface area contributed by atoms with Gasteiger partial charge in [-0.1, -0.05) is 18.2 Å². The Bertz CT molecular complexity index is 816. The number of nitrogens with zero attached hydrogens (tertiary/aromatic N) is 3. The molecule has 0 fully saturated rings. The summed E-state index contributed by atoms with van der Waals surface area (Å²) >= 11 is 0. The van der Waals surface area contributed by atoms with Crippen LogP contribution >= 0.6 is 0 Å². The van der Waals surface area contributed by atoms with Crippen molar-refractivity contribution in [2.45, 2.75) is 20.3 Å². The van der Waals surface area contributed by atoms with Gasteiger partial charge in [0.15, 0.2) is 0 Å². The SMILES string of the molecule is Cc1ccccc1NC(N)=Nc1nc(C)c(CC#N)c(=O)[nH]1. The van der Waals surface area contributed by atoms with Crippen molar-refractivity contribution in [3.05, 3.63) is 51.4 Å². The molecule has 0 aliphatic carbocycles. The highest BCUT2D eigenvalue weighted by molar-refractivity contribution is 5.94. The number of nitrogens with one attached hydrogen (secondary N) is 2. The summed E-state index contributed by atoms with van der Waals surface area (Å²) in [4.78, 5) is 22.6. The van der Waals surface area contributed by atoms with Gasteiger partial charge >= 0.3 is 0 Å². The van der Waals surface area contributed by atoms with Crippen LogP contribution in [-0.2, 0) is 6.42 Å². The number of aromatic nitrogens is 2. The van der Waals surface area contributed by atoms with Crippen molar-refractivity contribution in [2.24, 2.45) is 10.7 Å². The summed E-state index contributed by atoms with van der Waals surface area (Å²) in [6.45, 7) is 3.60. The minimum absolute atomic E-state index is 0.00903. The van der Waals surface area contributed by atoms with Gasteiger partial charge in [0.25, 0.3) is 5.56 Å². The van der Waals surface area contributed by atoms with Crippen LogP contribution in [0.3, 0.4) is 0 Å². The van der Waals surface area contributed by atoms with Gasteiger partial charge in [-0.15, -0.1) is 0 Å². The van der Waals surface area contributed by atoms with Crippen LogP contribution in [0.15, 0.2) is 34.1 Å². The van der Waals surface area contributed by atoms with Crippen molar-refractivity contribution < 1.29 is 0 Å². The van der Waals surface area contributed by atoms with E-state index in [1.807, 2.05) is 37.3 Å². The number of nitrogens with two attached hydrogens (primary N) is 1. The minimum Gasteiger partial charge on any atom is -0.369 e. The van der Waals surface area contributed by atoms with E-state index in [9.17, 15) is 4.79 Å². The summed E-state index contributed by atoms with van der Waals surface area (Å²) < 4.78 is 0. The lowest BCUT2D eigenvalue weighted by Crippen LogP contribution is -2.23. The number of aromatic amines is 1. The van der Waals surface area contributed by atoms with E-state index in [1.54, 1.807) is 6.92 Å². The Morgan fingerprint density at radius 1 is 1.45 bits per heavy atom. The topological polar surface area (TPSA) is 120 Å². The lowest BCUT2D eigenvalue weighted by Gasteiger charge is -2.08. The van der Waals surface area contributed by atoms with Crippen molar-refractivity contribution in [1.29, 1.82) is 5.26 Å². The fourth-order valence-electron chi connectivity index (χ4n) is 1.93. The van der Waals surface area contributed by atoms with Crippen molar-refractivity contribution in [1.82, 2.24) is 9.97 Å². The Labute approximate surface area is 127 Å². The molecular weight excluding hydrogens is 280 g/mol. The van der Waals surface area contributed by atoms with Crippen LogP contribution < -0.4 is 16.6 Å². The zero-order valence-corrected chi connectivity index (χ0v) is 12.3. The number of guanidine groups is 1. The fraction of sp³-hybridized carbons (Fsp3) is 0.200. The molecule has 0 bridgehead atoms. The first-order valence-corrected chi connectivity index (χ1v) is 6.65. The van der Waals surface area contributed by atoms with E-state index < -0.39 is 0 Å². The molecule has 0 atom stereocenters. The maximum atomic E-state index is 11.9. The molecular formula is C15H16N6O. The van der Waals surface area contributed by atoms with Crippen molar-refractivity contribution in [3.63, 3.8) is 0 Å². The second-order valence-electron chi connectivity index (χ2n) is 4.73. The predicted octanol–water partition coefficient (Wildman–Crippen LogP) is 1.51. The third-order valence-corrected chi connectivity index (χ3v) is 3.10. The number of aryl methyl sites for hydroxylation is 2. The molecule has 0 saturated carbocycles. The molecule has 112 valence electrons. The second-order valence-corrected chi connectivity index (χ2v) is 4.73. The number of H-pyrrole nitrogens is 1. The minimum atomic E-state index is -0.378. The highest BCUT2D eigenvalue weighted by Gasteiger charge is 2.08. The average Bonchev–Trinajstić information content (AvgIpc) is 2.45. The maximum Gasteiger partial charge on any atom is 0.256 e. The molecule has 0 aliphatic rings. The van der Waals surface area contributed by atoms with E-state index in [-0.39, 0.29) is 23.9 Å². The molecule has 0 amide bonds. The molecule has 0 radical (unpaired) electrons. The average molecular weight is 296 g/mol. The lowest BCUT2D eigenvalue weighted by atomic mass is 10.2. The highest BCUT2D eigenvalue weighted by Crippen LogP contribution is 2.13. The smallest absolute Gasteiger partial charge is 0.256 e. The van der Waals surface area contributed by atoms with Crippen LogP contribution in [0.1, 0.15) is 16.8 Å². The summed E-state index contributed by atoms with van der Waals surface area (Å²) in [5, 5.41) is 11.6. The predicted molar refractivity (Wildman–Crippen MR) is 85.0 cm³/mol. The highest BCUT2D eigenvalue weighted by atomic mass is 16.1. The number of benzene rings is 1. The number of rotatable bonds is 3. The summed E-state index contributed by atoms with van der Waals surface area (Å²) in [6, 6.07) is 9.54. The van der Waals surface area contributed by atoms with Crippen LogP contribution in [0.5, 0.6) is 0 Å². The molecule has 1 aromatic carbocycles.